The number of hydrogen-bond donors (Lipinski definition) is 0. The summed E-state index contributed by atoms with van der Waals surface area (Å²) >= 11 is 8.55. The Balaban J connectivity index is 1.92. The van der Waals surface area contributed by atoms with Crippen LogP contribution in [0.25, 0.3) is 22.2 Å². The summed E-state index contributed by atoms with van der Waals surface area (Å²) < 4.78 is 42.3. The minimum atomic E-state index is -3.84. The lowest BCUT2D eigenvalue weighted by Crippen LogP contribution is -2.13. The van der Waals surface area contributed by atoms with Gasteiger partial charge in [-0.1, -0.05) is 51.9 Å². The van der Waals surface area contributed by atoms with Gasteiger partial charge in [-0.25, -0.2) is 12.4 Å². The topological polar surface area (TPSA) is 62.5 Å². The molecule has 32 heavy (non-hydrogen) atoms. The molecular weight excluding hydrogens is 563 g/mol. The van der Waals surface area contributed by atoms with Crippen LogP contribution in [0.1, 0.15) is 5.56 Å². The standard InChI is InChI=1S/C23H22ClIN2O4S/c1-15-4-6-17(7-5-15)32(28,29)27-13-16(24)10-21(27)19-14-26(2)20-12-23(31-9-8-25)22(30-3)11-18(19)20/h4-7,10-14H,8-9H2,1-3H3. The first-order valence-corrected chi connectivity index (χ1v) is 13.2. The van der Waals surface area contributed by atoms with Crippen molar-refractivity contribution in [2.24, 2.45) is 7.05 Å². The first kappa shape index (κ1) is 23.0. The SMILES string of the molecule is COc1cc2c(-c3cc(Cl)cn3S(=O)(=O)c3ccc(C)cc3)cn(C)c2cc1OCCI. The van der Waals surface area contributed by atoms with Crippen LogP contribution >= 0.6 is 34.2 Å². The zero-order valence-electron chi connectivity index (χ0n) is 17.8. The number of methoxy groups -OCH3 is 1. The molecule has 0 radical (unpaired) electrons. The molecule has 4 rings (SSSR count). The highest BCUT2D eigenvalue weighted by atomic mass is 127. The summed E-state index contributed by atoms with van der Waals surface area (Å²) in [7, 11) is -0.351. The Kier molecular flexibility index (Phi) is 6.46. The number of alkyl halides is 1. The zero-order chi connectivity index (χ0) is 23.0. The van der Waals surface area contributed by atoms with Crippen LogP contribution in [-0.4, -0.2) is 35.1 Å². The van der Waals surface area contributed by atoms with E-state index in [2.05, 4.69) is 22.6 Å². The number of halogens is 2. The molecule has 2 aromatic heterocycles. The molecule has 0 fully saturated rings. The van der Waals surface area contributed by atoms with Crippen molar-refractivity contribution in [3.63, 3.8) is 0 Å². The Labute approximate surface area is 205 Å². The van der Waals surface area contributed by atoms with Crippen molar-refractivity contribution < 1.29 is 17.9 Å². The van der Waals surface area contributed by atoms with Gasteiger partial charge in [0.2, 0.25) is 0 Å². The second-order valence-electron chi connectivity index (χ2n) is 7.37. The van der Waals surface area contributed by atoms with Crippen molar-refractivity contribution in [3.05, 3.63) is 65.4 Å². The predicted molar refractivity (Wildman–Crippen MR) is 136 cm³/mol. The predicted octanol–water partition coefficient (Wildman–Crippen LogP) is 5.67. The van der Waals surface area contributed by atoms with Crippen LogP contribution in [-0.2, 0) is 17.1 Å². The Morgan fingerprint density at radius 2 is 1.78 bits per heavy atom. The van der Waals surface area contributed by atoms with Crippen molar-refractivity contribution in [1.82, 2.24) is 8.54 Å². The minimum Gasteiger partial charge on any atom is -0.493 e. The van der Waals surface area contributed by atoms with Gasteiger partial charge in [-0.3, -0.25) is 0 Å². The highest BCUT2D eigenvalue weighted by Crippen LogP contribution is 2.40. The average molecular weight is 585 g/mol. The Hall–Kier alpha value is -2.17. The van der Waals surface area contributed by atoms with Crippen LogP contribution in [0.15, 0.2) is 59.8 Å². The van der Waals surface area contributed by atoms with Gasteiger partial charge >= 0.3 is 0 Å². The van der Waals surface area contributed by atoms with Gasteiger partial charge in [0.15, 0.2) is 11.5 Å². The summed E-state index contributed by atoms with van der Waals surface area (Å²) in [4.78, 5) is 0.198. The lowest BCUT2D eigenvalue weighted by molar-refractivity contribution is 0.316. The van der Waals surface area contributed by atoms with Crippen LogP contribution in [0.3, 0.4) is 0 Å². The Morgan fingerprint density at radius 3 is 2.44 bits per heavy atom. The molecule has 2 heterocycles. The maximum Gasteiger partial charge on any atom is 0.268 e. The number of rotatable bonds is 7. The maximum absolute atomic E-state index is 13.4. The van der Waals surface area contributed by atoms with Crippen molar-refractivity contribution in [3.8, 4) is 22.8 Å². The van der Waals surface area contributed by atoms with Gasteiger partial charge in [0.05, 0.1) is 34.8 Å². The highest BCUT2D eigenvalue weighted by molar-refractivity contribution is 14.1. The number of fused-ring (bicyclic) bond motifs is 1. The van der Waals surface area contributed by atoms with Crippen molar-refractivity contribution in [2.45, 2.75) is 11.8 Å². The van der Waals surface area contributed by atoms with Crippen LogP contribution in [0.2, 0.25) is 5.02 Å². The van der Waals surface area contributed by atoms with Crippen molar-refractivity contribution >= 4 is 55.1 Å². The van der Waals surface area contributed by atoms with Gasteiger partial charge in [-0.2, -0.15) is 0 Å². The fourth-order valence-electron chi connectivity index (χ4n) is 3.65. The van der Waals surface area contributed by atoms with E-state index in [0.29, 0.717) is 28.8 Å². The number of nitrogens with zero attached hydrogens (tertiary/aromatic N) is 2. The van der Waals surface area contributed by atoms with E-state index in [0.717, 1.165) is 26.5 Å². The summed E-state index contributed by atoms with van der Waals surface area (Å²) in [6, 6.07) is 12.2. The first-order valence-electron chi connectivity index (χ1n) is 9.82. The van der Waals surface area contributed by atoms with E-state index >= 15 is 0 Å². The summed E-state index contributed by atoms with van der Waals surface area (Å²) in [5, 5.41) is 1.17. The van der Waals surface area contributed by atoms with Crippen LogP contribution in [0.4, 0.5) is 0 Å². The lowest BCUT2D eigenvalue weighted by Gasteiger charge is -2.12. The Morgan fingerprint density at radius 1 is 1.06 bits per heavy atom. The number of aryl methyl sites for hydroxylation is 2. The molecule has 0 saturated carbocycles. The molecule has 0 aliphatic rings. The van der Waals surface area contributed by atoms with Crippen molar-refractivity contribution in [2.75, 3.05) is 18.1 Å². The third-order valence-electron chi connectivity index (χ3n) is 5.22. The fraction of sp³-hybridized carbons (Fsp3) is 0.217. The number of hydrogen-bond acceptors (Lipinski definition) is 4. The quantitative estimate of drug-likeness (QED) is 0.208. The second-order valence-corrected chi connectivity index (χ2v) is 10.7. The lowest BCUT2D eigenvalue weighted by atomic mass is 10.1. The van der Waals surface area contributed by atoms with E-state index in [1.807, 2.05) is 36.9 Å². The van der Waals surface area contributed by atoms with E-state index in [1.54, 1.807) is 37.4 Å². The Bertz CT molecular complexity index is 1390. The van der Waals surface area contributed by atoms with Gasteiger partial charge < -0.3 is 14.0 Å². The molecule has 9 heteroatoms. The molecule has 0 unspecified atom stereocenters. The molecule has 0 aliphatic heterocycles. The number of ether oxygens (including phenoxy) is 2. The molecule has 0 bridgehead atoms. The van der Waals surface area contributed by atoms with Crippen molar-refractivity contribution in [1.29, 1.82) is 0 Å². The fourth-order valence-corrected chi connectivity index (χ4v) is 5.50. The van der Waals surface area contributed by atoms with Gasteiger partial charge in [-0.05, 0) is 31.2 Å². The largest absolute Gasteiger partial charge is 0.493 e. The summed E-state index contributed by atoms with van der Waals surface area (Å²) in [5.74, 6) is 1.23. The second kappa shape index (κ2) is 8.99. The molecule has 0 spiro atoms. The summed E-state index contributed by atoms with van der Waals surface area (Å²) in [6.45, 7) is 2.48. The first-order chi connectivity index (χ1) is 15.3. The molecule has 0 amide bonds. The third-order valence-corrected chi connectivity index (χ3v) is 7.55. The number of benzene rings is 2. The zero-order valence-corrected chi connectivity index (χ0v) is 21.5. The van der Waals surface area contributed by atoms with Gasteiger partial charge in [0.25, 0.3) is 10.0 Å². The average Bonchev–Trinajstić information content (AvgIpc) is 3.32. The molecule has 0 saturated heterocycles. The maximum atomic E-state index is 13.4. The summed E-state index contributed by atoms with van der Waals surface area (Å²) in [6.07, 6.45) is 3.32. The van der Waals surface area contributed by atoms with Gasteiger partial charge in [0, 0.05) is 40.9 Å². The van der Waals surface area contributed by atoms with Gasteiger partial charge in [0.1, 0.15) is 0 Å². The molecule has 2 aromatic carbocycles. The smallest absolute Gasteiger partial charge is 0.268 e. The third kappa shape index (κ3) is 4.11. The molecule has 6 nitrogen and oxygen atoms in total. The van der Waals surface area contributed by atoms with E-state index in [9.17, 15) is 8.42 Å². The van der Waals surface area contributed by atoms with E-state index < -0.39 is 10.0 Å². The minimum absolute atomic E-state index is 0.198. The molecule has 0 aliphatic carbocycles. The number of aromatic nitrogens is 2. The monoisotopic (exact) mass is 584 g/mol. The highest BCUT2D eigenvalue weighted by Gasteiger charge is 2.24. The van der Waals surface area contributed by atoms with E-state index in [1.165, 1.54) is 10.2 Å². The molecule has 0 atom stereocenters. The molecule has 0 N–H and O–H groups in total. The van der Waals surface area contributed by atoms with Crippen LogP contribution in [0.5, 0.6) is 11.5 Å². The normalized spacial score (nSPS) is 11.8. The molecular formula is C23H22ClIN2O4S. The summed E-state index contributed by atoms with van der Waals surface area (Å²) in [5.41, 5.74) is 3.07. The van der Waals surface area contributed by atoms with Crippen LogP contribution in [0, 0.1) is 6.92 Å². The van der Waals surface area contributed by atoms with Gasteiger partial charge in [-0.15, -0.1) is 0 Å². The van der Waals surface area contributed by atoms with Crippen LogP contribution < -0.4 is 9.47 Å². The molecule has 168 valence electrons. The van der Waals surface area contributed by atoms with E-state index in [4.69, 9.17) is 21.1 Å². The van der Waals surface area contributed by atoms with E-state index in [-0.39, 0.29) is 4.90 Å². The molecule has 4 aromatic rings.